The van der Waals surface area contributed by atoms with E-state index in [-0.39, 0.29) is 0 Å². The molecule has 0 aliphatic carbocycles. The summed E-state index contributed by atoms with van der Waals surface area (Å²) in [6, 6.07) is 10.7. The maximum atomic E-state index is 5.34. The Bertz CT molecular complexity index is 653. The van der Waals surface area contributed by atoms with Crippen LogP contribution < -0.4 is 15.1 Å². The number of benzene rings is 1. The summed E-state index contributed by atoms with van der Waals surface area (Å²) in [5.41, 5.74) is 4.64. The summed E-state index contributed by atoms with van der Waals surface area (Å²) in [7, 11) is 4.75. The molecule has 120 valence electrons. The second kappa shape index (κ2) is 8.42. The maximum absolute atomic E-state index is 5.34. The number of nitrogens with zero attached hydrogens (tertiary/aromatic N) is 2. The number of methoxy groups -OCH3 is 1. The molecule has 0 radical (unpaired) electrons. The lowest BCUT2D eigenvalue weighted by Gasteiger charge is -2.18. The van der Waals surface area contributed by atoms with Crippen molar-refractivity contribution in [2.45, 2.75) is 20.2 Å². The minimum absolute atomic E-state index is 0.665. The summed E-state index contributed by atoms with van der Waals surface area (Å²) in [4.78, 5) is 6.63. The lowest BCUT2D eigenvalue weighted by atomic mass is 9.74. The molecule has 0 saturated heterocycles. The molecule has 0 saturated carbocycles. The first kappa shape index (κ1) is 17.1. The highest BCUT2D eigenvalue weighted by atomic mass is 16.5. The zero-order chi connectivity index (χ0) is 16.7. The summed E-state index contributed by atoms with van der Waals surface area (Å²) in [6.45, 7) is 5.39. The van der Waals surface area contributed by atoms with E-state index in [1.54, 1.807) is 7.11 Å². The average Bonchev–Trinajstić information content (AvgIpc) is 2.60. The van der Waals surface area contributed by atoms with E-state index in [0.29, 0.717) is 5.88 Å². The largest absolute Gasteiger partial charge is 0.481 e. The molecule has 0 aliphatic rings. The number of aromatic nitrogens is 1. The predicted octanol–water partition coefficient (Wildman–Crippen LogP) is 3.22. The molecule has 1 aromatic carbocycles. The van der Waals surface area contributed by atoms with Gasteiger partial charge in [0.2, 0.25) is 5.88 Å². The first-order valence-corrected chi connectivity index (χ1v) is 8.20. The zero-order valence-corrected chi connectivity index (χ0v) is 14.5. The van der Waals surface area contributed by atoms with Gasteiger partial charge < -0.3 is 9.64 Å². The molecule has 1 aromatic heterocycles. The third-order valence-corrected chi connectivity index (χ3v) is 3.89. The van der Waals surface area contributed by atoms with Crippen molar-refractivity contribution in [3.05, 3.63) is 47.7 Å². The molecule has 0 atom stereocenters. The quantitative estimate of drug-likeness (QED) is 0.734. The molecule has 3 nitrogen and oxygen atoms in total. The van der Waals surface area contributed by atoms with Crippen molar-refractivity contribution in [1.29, 1.82) is 0 Å². The van der Waals surface area contributed by atoms with Gasteiger partial charge in [-0.1, -0.05) is 43.5 Å². The Hall–Kier alpha value is -2.23. The van der Waals surface area contributed by atoms with Crippen molar-refractivity contribution in [2.75, 3.05) is 25.6 Å². The number of rotatable bonds is 7. The Morgan fingerprint density at radius 1 is 1.22 bits per heavy atom. The Labute approximate surface area is 140 Å². The molecule has 23 heavy (non-hydrogen) atoms. The van der Waals surface area contributed by atoms with Crippen molar-refractivity contribution in [3.63, 3.8) is 0 Å². The summed E-state index contributed by atoms with van der Waals surface area (Å²) >= 11 is 0. The lowest BCUT2D eigenvalue weighted by Crippen LogP contribution is -2.17. The van der Waals surface area contributed by atoms with Gasteiger partial charge in [-0.2, -0.15) is 0 Å². The Morgan fingerprint density at radius 2 is 1.96 bits per heavy atom. The highest BCUT2D eigenvalue weighted by Crippen LogP contribution is 2.18. The zero-order valence-electron chi connectivity index (χ0n) is 14.5. The summed E-state index contributed by atoms with van der Waals surface area (Å²) in [5.74, 6) is 0.665. The number of hydrogen-bond donors (Lipinski definition) is 0. The van der Waals surface area contributed by atoms with Crippen LogP contribution in [0.15, 0.2) is 36.5 Å². The monoisotopic (exact) mass is 308 g/mol. The van der Waals surface area contributed by atoms with Gasteiger partial charge in [0.1, 0.15) is 0 Å². The average molecular weight is 308 g/mol. The smallest absolute Gasteiger partial charge is 0.220 e. The lowest BCUT2D eigenvalue weighted by molar-refractivity contribution is 0.397. The summed E-state index contributed by atoms with van der Waals surface area (Å²) < 4.78 is 5.34. The Morgan fingerprint density at radius 3 is 2.57 bits per heavy atom. The minimum atomic E-state index is 0.665. The molecule has 2 aromatic rings. The Balaban J connectivity index is 2.17. The van der Waals surface area contributed by atoms with Gasteiger partial charge in [0.15, 0.2) is 7.28 Å². The third-order valence-electron chi connectivity index (χ3n) is 3.89. The third kappa shape index (κ3) is 4.62. The normalized spacial score (nSPS) is 10.8. The fraction of sp³-hybridized carbons (Fsp3) is 0.316. The minimum Gasteiger partial charge on any atom is -0.481 e. The maximum Gasteiger partial charge on any atom is 0.220 e. The second-order valence-electron chi connectivity index (χ2n) is 5.64. The number of anilines is 1. The highest BCUT2D eigenvalue weighted by Gasteiger charge is 2.03. The first-order valence-electron chi connectivity index (χ1n) is 8.20. The van der Waals surface area contributed by atoms with Crippen molar-refractivity contribution >= 4 is 30.6 Å². The van der Waals surface area contributed by atoms with Gasteiger partial charge in [0.25, 0.3) is 0 Å². The van der Waals surface area contributed by atoms with Crippen molar-refractivity contribution in [2.24, 2.45) is 0 Å². The van der Waals surface area contributed by atoms with Gasteiger partial charge in [-0.15, -0.1) is 0 Å². The van der Waals surface area contributed by atoms with Gasteiger partial charge >= 0.3 is 0 Å². The van der Waals surface area contributed by atoms with Crippen LogP contribution >= 0.6 is 0 Å². The van der Waals surface area contributed by atoms with Crippen LogP contribution in [0.5, 0.6) is 5.88 Å². The van der Waals surface area contributed by atoms with Gasteiger partial charge in [-0.25, -0.2) is 4.98 Å². The van der Waals surface area contributed by atoms with Gasteiger partial charge in [0, 0.05) is 31.0 Å². The molecule has 0 fully saturated rings. The van der Waals surface area contributed by atoms with Crippen LogP contribution in [-0.2, 0) is 0 Å². The van der Waals surface area contributed by atoms with Crippen molar-refractivity contribution in [3.8, 4) is 5.88 Å². The first-order chi connectivity index (χ1) is 11.2. The second-order valence-corrected chi connectivity index (χ2v) is 5.64. The van der Waals surface area contributed by atoms with Crippen molar-refractivity contribution in [1.82, 2.24) is 4.98 Å². The van der Waals surface area contributed by atoms with E-state index >= 15 is 0 Å². The molecule has 0 amide bonds. The molecule has 0 unspecified atom stereocenters. The highest BCUT2D eigenvalue weighted by molar-refractivity contribution is 6.51. The topological polar surface area (TPSA) is 25.4 Å². The van der Waals surface area contributed by atoms with Gasteiger partial charge in [-0.3, -0.25) is 0 Å². The van der Waals surface area contributed by atoms with Crippen LogP contribution in [0.4, 0.5) is 5.69 Å². The van der Waals surface area contributed by atoms with E-state index in [2.05, 4.69) is 73.2 Å². The van der Waals surface area contributed by atoms with Crippen LogP contribution in [0.25, 0.3) is 12.2 Å². The Kier molecular flexibility index (Phi) is 6.27. The van der Waals surface area contributed by atoms with E-state index in [1.807, 2.05) is 6.20 Å². The molecular weight excluding hydrogens is 283 g/mol. The molecule has 4 heteroatoms. The molecule has 0 aliphatic heterocycles. The van der Waals surface area contributed by atoms with E-state index in [0.717, 1.165) is 25.8 Å². The fourth-order valence-electron chi connectivity index (χ4n) is 2.49. The predicted molar refractivity (Wildman–Crippen MR) is 102 cm³/mol. The van der Waals surface area contributed by atoms with Crippen LogP contribution in [0, 0.1) is 0 Å². The van der Waals surface area contributed by atoms with Crippen LogP contribution in [0.3, 0.4) is 0 Å². The number of hydrogen-bond acceptors (Lipinski definition) is 3. The van der Waals surface area contributed by atoms with E-state index in [4.69, 9.17) is 4.74 Å². The number of ether oxygens (including phenoxy) is 1. The standard InChI is InChI=1S/C19H25BN2O/c1-5-12-22(3)18-10-7-15(8-11-18)6-9-16-13-17(20-2)14-21-19(16)23-4/h6-11,13-14,20H,5,12H2,1-4H3/b9-6+. The van der Waals surface area contributed by atoms with Crippen LogP contribution in [0.1, 0.15) is 24.5 Å². The summed E-state index contributed by atoms with van der Waals surface area (Å²) in [5, 5.41) is 0. The van der Waals surface area contributed by atoms with Gasteiger partial charge in [-0.05, 0) is 30.2 Å². The van der Waals surface area contributed by atoms with Crippen molar-refractivity contribution < 1.29 is 4.74 Å². The van der Waals surface area contributed by atoms with Gasteiger partial charge in [0.05, 0.1) is 7.11 Å². The molecule has 2 rings (SSSR count). The molecule has 0 bridgehead atoms. The van der Waals surface area contributed by atoms with Crippen LogP contribution in [-0.4, -0.2) is 33.0 Å². The van der Waals surface area contributed by atoms with Crippen LogP contribution in [0.2, 0.25) is 6.82 Å². The number of pyridine rings is 1. The summed E-state index contributed by atoms with van der Waals surface area (Å²) in [6.07, 6.45) is 7.19. The fourth-order valence-corrected chi connectivity index (χ4v) is 2.49. The molecule has 0 spiro atoms. The SMILES string of the molecule is CBc1cnc(OC)c(/C=C/c2ccc(N(C)CCC)cc2)c1. The van der Waals surface area contributed by atoms with E-state index in [1.165, 1.54) is 16.7 Å². The molecule has 1 heterocycles. The molecule has 0 N–H and O–H groups in total. The van der Waals surface area contributed by atoms with E-state index in [9.17, 15) is 0 Å². The van der Waals surface area contributed by atoms with E-state index < -0.39 is 0 Å². The molecular formula is C19H25BN2O.